The van der Waals surface area contributed by atoms with Crippen LogP contribution in [0.1, 0.15) is 27.7 Å². The summed E-state index contributed by atoms with van der Waals surface area (Å²) in [4.78, 5) is 21.8. The molecule has 0 aromatic heterocycles. The fourth-order valence-electron chi connectivity index (χ4n) is 1.32. The first-order valence-corrected chi connectivity index (χ1v) is 7.06. The topological polar surface area (TPSA) is 135 Å². The van der Waals surface area contributed by atoms with Crippen LogP contribution in [-0.2, 0) is 14.3 Å². The average molecular weight is 327 g/mol. The van der Waals surface area contributed by atoms with Crippen LogP contribution in [-0.4, -0.2) is 36.6 Å². The van der Waals surface area contributed by atoms with Crippen molar-refractivity contribution in [2.75, 3.05) is 13.2 Å². The lowest BCUT2D eigenvalue weighted by Gasteiger charge is -2.19. The quantitative estimate of drug-likeness (QED) is 0.275. The van der Waals surface area contributed by atoms with Gasteiger partial charge in [0.2, 0.25) is 5.88 Å². The third kappa shape index (κ3) is 9.18. The Morgan fingerprint density at radius 1 is 1.35 bits per heavy atom. The van der Waals surface area contributed by atoms with Gasteiger partial charge in [-0.1, -0.05) is 33.8 Å². The maximum Gasteiger partial charge on any atom is 0.404 e. The number of carbonyl (C=O) groups is 2. The van der Waals surface area contributed by atoms with Crippen LogP contribution in [0.3, 0.4) is 0 Å². The molecule has 0 saturated carbocycles. The summed E-state index contributed by atoms with van der Waals surface area (Å²) in [6.45, 7) is 7.82. The van der Waals surface area contributed by atoms with E-state index in [1.807, 2.05) is 13.8 Å². The molecule has 130 valence electrons. The Hall–Kier alpha value is -2.51. The van der Waals surface area contributed by atoms with Gasteiger partial charge in [-0.25, -0.2) is 9.59 Å². The van der Waals surface area contributed by atoms with Gasteiger partial charge in [0.15, 0.2) is 0 Å². The Kier molecular flexibility index (Phi) is 8.46. The Labute approximate surface area is 135 Å². The number of carbonyl (C=O) groups excluding carboxylic acids is 1. The molecule has 0 aliphatic rings. The van der Waals surface area contributed by atoms with Crippen LogP contribution in [0.2, 0.25) is 0 Å². The minimum Gasteiger partial charge on any atom is -0.478 e. The Morgan fingerprint density at radius 2 is 1.96 bits per heavy atom. The first-order valence-electron chi connectivity index (χ1n) is 7.06. The first kappa shape index (κ1) is 20.5. The normalized spacial score (nSPS) is 12.7. The summed E-state index contributed by atoms with van der Waals surface area (Å²) in [5, 5.41) is 19.0. The smallest absolute Gasteiger partial charge is 0.404 e. The number of nitrogens with one attached hydrogen (secondary N) is 2. The van der Waals surface area contributed by atoms with E-state index >= 15 is 0 Å². The number of nitrogens with two attached hydrogens (primary N) is 1. The van der Waals surface area contributed by atoms with E-state index in [-0.39, 0.29) is 24.0 Å². The van der Waals surface area contributed by atoms with Crippen molar-refractivity contribution in [3.8, 4) is 0 Å². The van der Waals surface area contributed by atoms with Gasteiger partial charge < -0.3 is 31.0 Å². The molecule has 0 rings (SSSR count). The van der Waals surface area contributed by atoms with Gasteiger partial charge >= 0.3 is 12.1 Å². The maximum absolute atomic E-state index is 11.1. The molecule has 0 radical (unpaired) electrons. The number of aliphatic carboxylic acids is 1. The Bertz CT molecular complexity index is 495. The van der Waals surface area contributed by atoms with Gasteiger partial charge in [0, 0.05) is 17.8 Å². The molecule has 0 saturated heterocycles. The second-order valence-electron chi connectivity index (χ2n) is 5.97. The van der Waals surface area contributed by atoms with Crippen molar-refractivity contribution in [3.05, 3.63) is 23.7 Å². The molecule has 0 bridgehead atoms. The van der Waals surface area contributed by atoms with E-state index in [0.717, 1.165) is 0 Å². The van der Waals surface area contributed by atoms with Crippen molar-refractivity contribution in [1.29, 1.82) is 5.41 Å². The Morgan fingerprint density at radius 3 is 2.39 bits per heavy atom. The highest BCUT2D eigenvalue weighted by molar-refractivity contribution is 6.07. The minimum absolute atomic E-state index is 0.0240. The lowest BCUT2D eigenvalue weighted by molar-refractivity contribution is -0.132. The van der Waals surface area contributed by atoms with Crippen LogP contribution in [0.4, 0.5) is 4.79 Å². The second-order valence-corrected chi connectivity index (χ2v) is 5.97. The zero-order valence-corrected chi connectivity index (χ0v) is 13.9. The standard InChI is InChI=1S/C15H25N3O5/c1-10(2)8-22-12(11(7-16)13(19)20)18-6-5-15(3,4)9-23-14(17)21/h5-7,10,16,18H,8-9H2,1-4H3,(H2,17,21)(H,19,20)/b6-5+,12-11-,16-7?. The molecule has 0 fully saturated rings. The minimum atomic E-state index is -1.27. The summed E-state index contributed by atoms with van der Waals surface area (Å²) < 4.78 is 10.1. The van der Waals surface area contributed by atoms with Crippen molar-refractivity contribution in [2.24, 2.45) is 17.1 Å². The number of primary amides is 1. The molecular weight excluding hydrogens is 302 g/mol. The number of amides is 1. The van der Waals surface area contributed by atoms with E-state index in [0.29, 0.717) is 12.8 Å². The highest BCUT2D eigenvalue weighted by Gasteiger charge is 2.17. The zero-order chi connectivity index (χ0) is 18.0. The number of ether oxygens (including phenoxy) is 2. The number of hydrogen-bond acceptors (Lipinski definition) is 6. The highest BCUT2D eigenvalue weighted by atomic mass is 16.5. The largest absolute Gasteiger partial charge is 0.478 e. The number of carboxylic acids is 1. The van der Waals surface area contributed by atoms with Crippen molar-refractivity contribution in [3.63, 3.8) is 0 Å². The number of rotatable bonds is 10. The molecule has 5 N–H and O–H groups in total. The molecule has 23 heavy (non-hydrogen) atoms. The highest BCUT2D eigenvalue weighted by Crippen LogP contribution is 2.17. The third-order valence-electron chi connectivity index (χ3n) is 2.52. The molecule has 0 aliphatic heterocycles. The van der Waals surface area contributed by atoms with Crippen molar-refractivity contribution < 1.29 is 24.2 Å². The lowest BCUT2D eigenvalue weighted by atomic mass is 9.95. The predicted molar refractivity (Wildman–Crippen MR) is 85.8 cm³/mol. The molecule has 1 amide bonds. The van der Waals surface area contributed by atoms with Crippen LogP contribution >= 0.6 is 0 Å². The van der Waals surface area contributed by atoms with Gasteiger partial charge in [0.05, 0.1) is 6.61 Å². The molecule has 8 nitrogen and oxygen atoms in total. The van der Waals surface area contributed by atoms with E-state index in [1.54, 1.807) is 19.9 Å². The first-order chi connectivity index (χ1) is 10.6. The van der Waals surface area contributed by atoms with Crippen LogP contribution in [0.25, 0.3) is 0 Å². The molecule has 8 heteroatoms. The van der Waals surface area contributed by atoms with Crippen molar-refractivity contribution in [2.45, 2.75) is 27.7 Å². The molecule has 0 heterocycles. The summed E-state index contributed by atoms with van der Waals surface area (Å²) in [5.41, 5.74) is 4.11. The fourth-order valence-corrected chi connectivity index (χ4v) is 1.32. The summed E-state index contributed by atoms with van der Waals surface area (Å²) in [5.74, 6) is -1.10. The summed E-state index contributed by atoms with van der Waals surface area (Å²) in [6, 6.07) is 0. The molecule has 0 atom stereocenters. The van der Waals surface area contributed by atoms with Gasteiger partial charge in [-0.15, -0.1) is 0 Å². The summed E-state index contributed by atoms with van der Waals surface area (Å²) in [7, 11) is 0. The number of hydrogen-bond donors (Lipinski definition) is 4. The van der Waals surface area contributed by atoms with E-state index in [1.165, 1.54) is 6.20 Å². The monoisotopic (exact) mass is 327 g/mol. The van der Waals surface area contributed by atoms with Gasteiger partial charge in [-0.2, -0.15) is 0 Å². The average Bonchev–Trinajstić information content (AvgIpc) is 2.42. The zero-order valence-electron chi connectivity index (χ0n) is 13.9. The second kappa shape index (κ2) is 9.50. The van der Waals surface area contributed by atoms with Crippen molar-refractivity contribution in [1.82, 2.24) is 5.32 Å². The van der Waals surface area contributed by atoms with E-state index < -0.39 is 17.5 Å². The van der Waals surface area contributed by atoms with Gasteiger partial charge in [-0.05, 0) is 5.92 Å². The molecule has 0 spiro atoms. The van der Waals surface area contributed by atoms with Gasteiger partial charge in [0.25, 0.3) is 0 Å². The van der Waals surface area contributed by atoms with E-state index in [4.69, 9.17) is 25.7 Å². The van der Waals surface area contributed by atoms with Crippen molar-refractivity contribution >= 4 is 18.3 Å². The van der Waals surface area contributed by atoms with Crippen LogP contribution in [0, 0.1) is 16.7 Å². The van der Waals surface area contributed by atoms with Gasteiger partial charge in [-0.3, -0.25) is 0 Å². The van der Waals surface area contributed by atoms with E-state index in [2.05, 4.69) is 5.32 Å². The summed E-state index contributed by atoms with van der Waals surface area (Å²) >= 11 is 0. The SMILES string of the molecule is CC(C)CO/C(N/C=C/C(C)(C)COC(N)=O)=C(/C=N)C(=O)O. The van der Waals surface area contributed by atoms with Crippen LogP contribution < -0.4 is 11.1 Å². The molecule has 0 aromatic carbocycles. The maximum atomic E-state index is 11.1. The predicted octanol–water partition coefficient (Wildman–Crippen LogP) is 1.83. The lowest BCUT2D eigenvalue weighted by Crippen LogP contribution is -2.24. The fraction of sp³-hybridized carbons (Fsp3) is 0.533. The van der Waals surface area contributed by atoms with Crippen LogP contribution in [0.5, 0.6) is 0 Å². The van der Waals surface area contributed by atoms with E-state index in [9.17, 15) is 9.59 Å². The van der Waals surface area contributed by atoms with Gasteiger partial charge in [0.1, 0.15) is 12.2 Å². The number of carboxylic acid groups (broad SMARTS) is 1. The Balaban J connectivity index is 5.03. The van der Waals surface area contributed by atoms with Crippen LogP contribution in [0.15, 0.2) is 23.7 Å². The molecule has 0 unspecified atom stereocenters. The molecule has 0 aliphatic carbocycles. The summed E-state index contributed by atoms with van der Waals surface area (Å²) in [6.07, 6.45) is 3.00. The molecular formula is C15H25N3O5. The third-order valence-corrected chi connectivity index (χ3v) is 2.52. The molecule has 0 aromatic rings.